The van der Waals surface area contributed by atoms with Crippen LogP contribution < -0.4 is 0 Å². The minimum absolute atomic E-state index is 0.363. The van der Waals surface area contributed by atoms with E-state index in [1.54, 1.807) is 6.92 Å². The highest BCUT2D eigenvalue weighted by Crippen LogP contribution is 2.25. The average Bonchev–Trinajstić information content (AvgIpc) is 2.21. The van der Waals surface area contributed by atoms with Crippen molar-refractivity contribution in [3.63, 3.8) is 0 Å². The van der Waals surface area contributed by atoms with E-state index in [9.17, 15) is 4.79 Å². The molecule has 1 N–H and O–H groups in total. The van der Waals surface area contributed by atoms with Crippen LogP contribution in [0.25, 0.3) is 0 Å². The predicted molar refractivity (Wildman–Crippen MR) is 22.0 cm³/mol. The summed E-state index contributed by atoms with van der Waals surface area (Å²) >= 11 is 0. The Hall–Kier alpha value is -0.570. The van der Waals surface area contributed by atoms with Crippen LogP contribution in [0.3, 0.4) is 0 Å². The Kier molecular flexibility index (Phi) is 0.642. The van der Waals surface area contributed by atoms with Crippen LogP contribution in [0.5, 0.6) is 0 Å². The lowest BCUT2D eigenvalue weighted by atomic mass is 10.2. The zero-order chi connectivity index (χ0) is 5.49. The maximum Gasteiger partial charge on any atom is 0.338 e. The smallest absolute Gasteiger partial charge is 0.338 e. The van der Waals surface area contributed by atoms with Crippen molar-refractivity contribution in [3.8, 4) is 0 Å². The predicted octanol–water partition coefficient (Wildman–Crippen LogP) is -0.140. The average molecular weight is 102 g/mol. The Labute approximate surface area is 40.9 Å². The molecule has 1 atom stereocenters. The third-order valence-corrected chi connectivity index (χ3v) is 1.03. The van der Waals surface area contributed by atoms with Crippen molar-refractivity contribution in [1.29, 1.82) is 0 Å². The van der Waals surface area contributed by atoms with Crippen molar-refractivity contribution in [3.05, 3.63) is 0 Å². The number of rotatable bonds is 1. The van der Waals surface area contributed by atoms with Crippen LogP contribution in [-0.4, -0.2) is 23.3 Å². The summed E-state index contributed by atoms with van der Waals surface area (Å²) < 4.78 is 4.56. The van der Waals surface area contributed by atoms with E-state index in [4.69, 9.17) is 5.11 Å². The van der Waals surface area contributed by atoms with Gasteiger partial charge in [0.15, 0.2) is 5.60 Å². The quantitative estimate of drug-likeness (QED) is 0.469. The minimum atomic E-state index is -0.868. The standard InChI is InChI=1S/C4H6O3/c1-4(2-7-4)3(5)6/h2H2,1H3,(H,5,6). The SMILES string of the molecule is CC1(C(=O)O)CO1. The molecule has 1 aliphatic rings. The normalized spacial score (nSPS) is 37.9. The second-order valence-corrected chi connectivity index (χ2v) is 1.82. The van der Waals surface area contributed by atoms with Crippen LogP contribution in [0, 0.1) is 0 Å². The molecule has 0 aromatic rings. The van der Waals surface area contributed by atoms with Crippen LogP contribution in [0.1, 0.15) is 6.92 Å². The van der Waals surface area contributed by atoms with Gasteiger partial charge in [0.2, 0.25) is 0 Å². The summed E-state index contributed by atoms with van der Waals surface area (Å²) in [6.07, 6.45) is 0. The molecule has 0 radical (unpaired) electrons. The van der Waals surface area contributed by atoms with Gasteiger partial charge in [-0.2, -0.15) is 0 Å². The van der Waals surface area contributed by atoms with E-state index in [1.807, 2.05) is 0 Å². The summed E-state index contributed by atoms with van der Waals surface area (Å²) in [5.41, 5.74) is -0.833. The van der Waals surface area contributed by atoms with E-state index in [0.29, 0.717) is 6.61 Å². The van der Waals surface area contributed by atoms with Crippen LogP contribution >= 0.6 is 0 Å². The van der Waals surface area contributed by atoms with Gasteiger partial charge in [-0.3, -0.25) is 0 Å². The number of aliphatic carboxylic acids is 1. The number of carboxylic acids is 1. The van der Waals surface area contributed by atoms with Gasteiger partial charge in [0.1, 0.15) is 0 Å². The Morgan fingerprint density at radius 3 is 2.43 bits per heavy atom. The zero-order valence-corrected chi connectivity index (χ0v) is 3.97. The highest BCUT2D eigenvalue weighted by molar-refractivity contribution is 5.79. The Morgan fingerprint density at radius 2 is 2.43 bits per heavy atom. The maximum atomic E-state index is 9.96. The molecule has 0 aromatic heterocycles. The maximum absolute atomic E-state index is 9.96. The highest BCUT2D eigenvalue weighted by Gasteiger charge is 2.47. The number of epoxide rings is 1. The minimum Gasteiger partial charge on any atom is -0.479 e. The number of carboxylic acid groups (broad SMARTS) is 1. The second kappa shape index (κ2) is 0.980. The van der Waals surface area contributed by atoms with Crippen molar-refractivity contribution in [1.82, 2.24) is 0 Å². The zero-order valence-electron chi connectivity index (χ0n) is 3.97. The molecule has 0 saturated carbocycles. The van der Waals surface area contributed by atoms with E-state index in [-0.39, 0.29) is 0 Å². The third kappa shape index (κ3) is 0.587. The molecule has 1 rings (SSSR count). The van der Waals surface area contributed by atoms with Gasteiger partial charge >= 0.3 is 5.97 Å². The molecule has 0 amide bonds. The first kappa shape index (κ1) is 4.59. The van der Waals surface area contributed by atoms with Gasteiger partial charge in [0, 0.05) is 0 Å². The first-order chi connectivity index (χ1) is 3.15. The Balaban J connectivity index is 2.55. The summed E-state index contributed by atoms with van der Waals surface area (Å²) in [5.74, 6) is -0.868. The highest BCUT2D eigenvalue weighted by atomic mass is 16.6. The van der Waals surface area contributed by atoms with Gasteiger partial charge in [-0.1, -0.05) is 0 Å². The monoisotopic (exact) mass is 102 g/mol. The number of carbonyl (C=O) groups is 1. The van der Waals surface area contributed by atoms with Crippen LogP contribution in [0.2, 0.25) is 0 Å². The summed E-state index contributed by atoms with van der Waals surface area (Å²) in [4.78, 5) is 9.96. The fourth-order valence-electron chi connectivity index (χ4n) is 0.232. The van der Waals surface area contributed by atoms with E-state index in [0.717, 1.165) is 0 Å². The fourth-order valence-corrected chi connectivity index (χ4v) is 0.232. The topological polar surface area (TPSA) is 49.8 Å². The molecule has 3 heteroatoms. The number of hydrogen-bond acceptors (Lipinski definition) is 2. The molecular weight excluding hydrogens is 96.0 g/mol. The van der Waals surface area contributed by atoms with Gasteiger partial charge in [0.25, 0.3) is 0 Å². The molecule has 1 aliphatic heterocycles. The summed E-state index contributed by atoms with van der Waals surface area (Å²) in [6, 6.07) is 0. The molecule has 0 spiro atoms. The summed E-state index contributed by atoms with van der Waals surface area (Å²) in [7, 11) is 0. The molecule has 1 heterocycles. The van der Waals surface area contributed by atoms with Crippen molar-refractivity contribution in [2.45, 2.75) is 12.5 Å². The first-order valence-electron chi connectivity index (χ1n) is 2.02. The van der Waals surface area contributed by atoms with Crippen molar-refractivity contribution in [2.75, 3.05) is 6.61 Å². The van der Waals surface area contributed by atoms with E-state index < -0.39 is 11.6 Å². The van der Waals surface area contributed by atoms with E-state index in [1.165, 1.54) is 0 Å². The summed E-state index contributed by atoms with van der Waals surface area (Å²) in [5, 5.41) is 8.19. The largest absolute Gasteiger partial charge is 0.479 e. The number of ether oxygens (including phenoxy) is 1. The lowest BCUT2D eigenvalue weighted by molar-refractivity contribution is -0.142. The molecule has 0 aromatic carbocycles. The van der Waals surface area contributed by atoms with Crippen molar-refractivity contribution >= 4 is 5.97 Å². The molecule has 0 aliphatic carbocycles. The molecule has 1 fully saturated rings. The van der Waals surface area contributed by atoms with Crippen molar-refractivity contribution in [2.24, 2.45) is 0 Å². The molecule has 0 bridgehead atoms. The van der Waals surface area contributed by atoms with E-state index in [2.05, 4.69) is 4.74 Å². The van der Waals surface area contributed by atoms with Gasteiger partial charge < -0.3 is 9.84 Å². The van der Waals surface area contributed by atoms with Gasteiger partial charge in [-0.05, 0) is 6.92 Å². The van der Waals surface area contributed by atoms with Gasteiger partial charge in [-0.25, -0.2) is 4.79 Å². The molecule has 1 unspecified atom stereocenters. The van der Waals surface area contributed by atoms with Crippen LogP contribution in [0.4, 0.5) is 0 Å². The molecule has 40 valence electrons. The second-order valence-electron chi connectivity index (χ2n) is 1.82. The van der Waals surface area contributed by atoms with Crippen molar-refractivity contribution < 1.29 is 14.6 Å². The van der Waals surface area contributed by atoms with Crippen LogP contribution in [0.15, 0.2) is 0 Å². The summed E-state index contributed by atoms with van der Waals surface area (Å²) in [6.45, 7) is 1.91. The molecule has 1 saturated heterocycles. The van der Waals surface area contributed by atoms with Gasteiger partial charge in [0.05, 0.1) is 6.61 Å². The fraction of sp³-hybridized carbons (Fsp3) is 0.750. The molecular formula is C4H6O3. The first-order valence-corrected chi connectivity index (χ1v) is 2.02. The molecule has 7 heavy (non-hydrogen) atoms. The van der Waals surface area contributed by atoms with Gasteiger partial charge in [-0.15, -0.1) is 0 Å². The Bertz CT molecular complexity index is 104. The van der Waals surface area contributed by atoms with Crippen LogP contribution in [-0.2, 0) is 9.53 Å². The third-order valence-electron chi connectivity index (χ3n) is 1.03. The van der Waals surface area contributed by atoms with E-state index >= 15 is 0 Å². The Morgan fingerprint density at radius 1 is 2.00 bits per heavy atom. The lowest BCUT2D eigenvalue weighted by Gasteiger charge is -1.90. The molecule has 3 nitrogen and oxygen atoms in total. The number of hydrogen-bond donors (Lipinski definition) is 1. The lowest BCUT2D eigenvalue weighted by Crippen LogP contribution is -2.18.